The molecule has 33 heavy (non-hydrogen) atoms. The highest BCUT2D eigenvalue weighted by Crippen LogP contribution is 2.47. The lowest BCUT2D eigenvalue weighted by Crippen LogP contribution is -2.46. The number of hydrogen-bond donors (Lipinski definition) is 1. The Bertz CT molecular complexity index is 1030. The van der Waals surface area contributed by atoms with Crippen molar-refractivity contribution in [3.8, 4) is 0 Å². The molecule has 9 heteroatoms. The van der Waals surface area contributed by atoms with E-state index in [1.165, 1.54) is 0 Å². The number of aryl methyl sites for hydroxylation is 2. The lowest BCUT2D eigenvalue weighted by molar-refractivity contribution is -0.168. The van der Waals surface area contributed by atoms with Crippen molar-refractivity contribution in [2.75, 3.05) is 13.2 Å². The van der Waals surface area contributed by atoms with Gasteiger partial charge in [-0.2, -0.15) is 4.98 Å². The smallest absolute Gasteiger partial charge is 0.349 e. The van der Waals surface area contributed by atoms with Gasteiger partial charge in [0.1, 0.15) is 16.3 Å². The van der Waals surface area contributed by atoms with Gasteiger partial charge in [-0.05, 0) is 56.9 Å². The number of ether oxygens (including phenoxy) is 2. The Morgan fingerprint density at radius 2 is 2.03 bits per heavy atom. The van der Waals surface area contributed by atoms with Crippen LogP contribution in [0.5, 0.6) is 0 Å². The minimum absolute atomic E-state index is 0.0638. The topological polar surface area (TPSA) is 98.8 Å². The lowest BCUT2D eigenvalue weighted by Gasteiger charge is -2.41. The van der Waals surface area contributed by atoms with E-state index in [4.69, 9.17) is 9.47 Å². The summed E-state index contributed by atoms with van der Waals surface area (Å²) in [4.78, 5) is 22.1. The number of thioether (sulfide) groups is 1. The van der Waals surface area contributed by atoms with Gasteiger partial charge in [-0.15, -0.1) is 5.10 Å². The molecule has 2 aliphatic rings. The number of aliphatic hydroxyl groups is 1. The Labute approximate surface area is 199 Å². The molecule has 1 saturated carbocycles. The minimum Gasteiger partial charge on any atom is -0.511 e. The fourth-order valence-corrected chi connectivity index (χ4v) is 5.70. The van der Waals surface area contributed by atoms with E-state index < -0.39 is 11.6 Å². The number of hydrogen-bond acceptors (Lipinski definition) is 8. The lowest BCUT2D eigenvalue weighted by atomic mass is 9.79. The minimum atomic E-state index is -0.700. The average molecular weight is 475 g/mol. The number of nitrogens with zero attached hydrogens (tertiary/aromatic N) is 4. The van der Waals surface area contributed by atoms with Gasteiger partial charge in [-0.25, -0.2) is 14.3 Å². The van der Waals surface area contributed by atoms with E-state index in [9.17, 15) is 9.90 Å². The number of rotatable bonds is 10. The van der Waals surface area contributed by atoms with Crippen LogP contribution < -0.4 is 0 Å². The van der Waals surface area contributed by atoms with Crippen LogP contribution in [0.2, 0.25) is 0 Å². The largest absolute Gasteiger partial charge is 0.511 e. The van der Waals surface area contributed by atoms with Gasteiger partial charge >= 0.3 is 5.97 Å². The van der Waals surface area contributed by atoms with E-state index in [1.807, 2.05) is 19.9 Å². The number of aliphatic hydroxyl groups excluding tert-OH is 1. The second-order valence-corrected chi connectivity index (χ2v) is 10.2. The Morgan fingerprint density at radius 3 is 2.76 bits per heavy atom. The van der Waals surface area contributed by atoms with E-state index >= 15 is 0 Å². The molecule has 0 radical (unpaired) electrons. The molecule has 1 aliphatic carbocycles. The van der Waals surface area contributed by atoms with Crippen LogP contribution in [0.1, 0.15) is 76.1 Å². The standard InChI is InChI=1S/C24H34N4O4S/c1-4-5-8-12-31-13-11-24(18-9-6-7-10-18)15-19(29)20(21(30)32-24)33-23-26-22-25-16(2)14-17(3)28(22)27-23/h14,18,29H,4-13,15H2,1-3H3. The Balaban J connectivity index is 1.51. The van der Waals surface area contributed by atoms with Crippen molar-refractivity contribution >= 4 is 23.5 Å². The van der Waals surface area contributed by atoms with Crippen LogP contribution in [0.3, 0.4) is 0 Å². The molecule has 2 aromatic heterocycles. The summed E-state index contributed by atoms with van der Waals surface area (Å²) in [6, 6.07) is 1.92. The summed E-state index contributed by atoms with van der Waals surface area (Å²) >= 11 is 1.04. The van der Waals surface area contributed by atoms with Gasteiger partial charge in [0.25, 0.3) is 5.78 Å². The summed E-state index contributed by atoms with van der Waals surface area (Å²) in [5, 5.41) is 15.8. The van der Waals surface area contributed by atoms with Crippen molar-refractivity contribution in [1.29, 1.82) is 0 Å². The molecular formula is C24H34N4O4S. The molecule has 1 aliphatic heterocycles. The van der Waals surface area contributed by atoms with Crippen molar-refractivity contribution in [1.82, 2.24) is 19.6 Å². The van der Waals surface area contributed by atoms with Gasteiger partial charge in [-0.3, -0.25) is 0 Å². The van der Waals surface area contributed by atoms with E-state index in [2.05, 4.69) is 22.0 Å². The van der Waals surface area contributed by atoms with Crippen molar-refractivity contribution in [2.45, 2.75) is 89.3 Å². The van der Waals surface area contributed by atoms with Crippen LogP contribution >= 0.6 is 11.8 Å². The number of aromatic nitrogens is 4. The summed E-state index contributed by atoms with van der Waals surface area (Å²) in [6.45, 7) is 7.25. The zero-order chi connectivity index (χ0) is 23.4. The van der Waals surface area contributed by atoms with E-state index in [0.717, 1.165) is 74.7 Å². The van der Waals surface area contributed by atoms with Gasteiger partial charge < -0.3 is 14.6 Å². The van der Waals surface area contributed by atoms with Gasteiger partial charge in [0, 0.05) is 30.8 Å². The van der Waals surface area contributed by atoms with Crippen LogP contribution in [0.15, 0.2) is 21.9 Å². The van der Waals surface area contributed by atoms with E-state index in [0.29, 0.717) is 30.4 Å². The summed E-state index contributed by atoms with van der Waals surface area (Å²) in [6.07, 6.45) is 8.54. The third kappa shape index (κ3) is 5.35. The van der Waals surface area contributed by atoms with Crippen molar-refractivity contribution < 1.29 is 19.4 Å². The molecule has 0 aromatic carbocycles. The first-order chi connectivity index (χ1) is 15.9. The predicted molar refractivity (Wildman–Crippen MR) is 126 cm³/mol. The summed E-state index contributed by atoms with van der Waals surface area (Å²) < 4.78 is 13.6. The first-order valence-corrected chi connectivity index (χ1v) is 12.9. The van der Waals surface area contributed by atoms with Crippen LogP contribution in [0.4, 0.5) is 0 Å². The molecule has 4 rings (SSSR count). The molecule has 0 spiro atoms. The third-order valence-electron chi connectivity index (χ3n) is 6.66. The van der Waals surface area contributed by atoms with Crippen molar-refractivity contribution in [2.24, 2.45) is 5.92 Å². The SMILES string of the molecule is CCCCCOCCC1(C2CCCC2)CC(O)=C(Sc2nc3nc(C)cc(C)n3n2)C(=O)O1. The fourth-order valence-electron chi connectivity index (χ4n) is 4.96. The average Bonchev–Trinajstić information content (AvgIpc) is 3.44. The summed E-state index contributed by atoms with van der Waals surface area (Å²) in [7, 11) is 0. The maximum Gasteiger partial charge on any atom is 0.349 e. The van der Waals surface area contributed by atoms with Crippen molar-refractivity contribution in [3.05, 3.63) is 28.1 Å². The van der Waals surface area contributed by atoms with Gasteiger partial charge in [0.15, 0.2) is 0 Å². The molecule has 2 aromatic rings. The molecule has 8 nitrogen and oxygen atoms in total. The highest BCUT2D eigenvalue weighted by Gasteiger charge is 2.48. The molecular weight excluding hydrogens is 440 g/mol. The zero-order valence-corrected chi connectivity index (χ0v) is 20.6. The van der Waals surface area contributed by atoms with Crippen LogP contribution in [-0.4, -0.2) is 49.5 Å². The highest BCUT2D eigenvalue weighted by atomic mass is 32.2. The second kappa shape index (κ2) is 10.4. The monoisotopic (exact) mass is 474 g/mol. The van der Waals surface area contributed by atoms with Crippen molar-refractivity contribution in [3.63, 3.8) is 0 Å². The first kappa shape index (κ1) is 24.0. The quantitative estimate of drug-likeness (QED) is 0.376. The van der Waals surface area contributed by atoms with Crippen LogP contribution in [0.25, 0.3) is 5.78 Å². The number of esters is 1. The first-order valence-electron chi connectivity index (χ1n) is 12.0. The van der Waals surface area contributed by atoms with Crippen LogP contribution in [0, 0.1) is 19.8 Å². The molecule has 0 amide bonds. The maximum atomic E-state index is 13.1. The Morgan fingerprint density at radius 1 is 1.24 bits per heavy atom. The van der Waals surface area contributed by atoms with Gasteiger partial charge in [-0.1, -0.05) is 32.6 Å². The normalized spacial score (nSPS) is 21.8. The van der Waals surface area contributed by atoms with E-state index in [-0.39, 0.29) is 16.6 Å². The molecule has 180 valence electrons. The van der Waals surface area contributed by atoms with Gasteiger partial charge in [0.05, 0.1) is 6.61 Å². The number of fused-ring (bicyclic) bond motifs is 1. The maximum absolute atomic E-state index is 13.1. The molecule has 1 atom stereocenters. The molecule has 0 bridgehead atoms. The molecule has 3 heterocycles. The van der Waals surface area contributed by atoms with E-state index in [1.54, 1.807) is 4.52 Å². The van der Waals surface area contributed by atoms with Crippen LogP contribution in [-0.2, 0) is 14.3 Å². The second-order valence-electron chi connectivity index (χ2n) is 9.20. The number of cyclic esters (lactones) is 1. The number of unbranched alkanes of at least 4 members (excludes halogenated alkanes) is 2. The Hall–Kier alpha value is -2.13. The predicted octanol–water partition coefficient (Wildman–Crippen LogP) is 5.08. The van der Waals surface area contributed by atoms with Gasteiger partial charge in [0.2, 0.25) is 5.16 Å². The zero-order valence-electron chi connectivity index (χ0n) is 19.8. The fraction of sp³-hybridized carbons (Fsp3) is 0.667. The highest BCUT2D eigenvalue weighted by molar-refractivity contribution is 8.03. The molecule has 1 N–H and O–H groups in total. The number of carbonyl (C=O) groups excluding carboxylic acids is 1. The Kier molecular flexibility index (Phi) is 7.58. The summed E-state index contributed by atoms with van der Waals surface area (Å²) in [5.74, 6) is 0.285. The number of carbonyl (C=O) groups is 1. The molecule has 0 saturated heterocycles. The molecule has 1 fully saturated rings. The summed E-state index contributed by atoms with van der Waals surface area (Å²) in [5.41, 5.74) is 1.05. The third-order valence-corrected chi connectivity index (χ3v) is 7.63. The molecule has 1 unspecified atom stereocenters.